The van der Waals surface area contributed by atoms with Gasteiger partial charge in [0.1, 0.15) is 6.04 Å². The van der Waals surface area contributed by atoms with Gasteiger partial charge in [0.05, 0.1) is 25.4 Å². The molecule has 0 bridgehead atoms. The maximum absolute atomic E-state index is 12.9. The van der Waals surface area contributed by atoms with Gasteiger partial charge in [-0.15, -0.1) is 24.0 Å². The molecule has 2 N–H and O–H groups in total. The summed E-state index contributed by atoms with van der Waals surface area (Å²) in [5, 5.41) is 13.4. The van der Waals surface area contributed by atoms with E-state index in [1.807, 2.05) is 49.1 Å². The Labute approximate surface area is 199 Å². The first kappa shape index (κ1) is 27.9. The van der Waals surface area contributed by atoms with Crippen molar-refractivity contribution in [3.05, 3.63) is 35.9 Å². The summed E-state index contributed by atoms with van der Waals surface area (Å²) in [6.45, 7) is 7.51. The number of nitrogens with one attached hydrogen (secondary N) is 1. The van der Waals surface area contributed by atoms with Crippen molar-refractivity contribution in [3.63, 3.8) is 0 Å². The van der Waals surface area contributed by atoms with Gasteiger partial charge in [0.2, 0.25) is 0 Å². The molecule has 178 valence electrons. The van der Waals surface area contributed by atoms with Crippen LogP contribution in [0, 0.1) is 0 Å². The lowest BCUT2D eigenvalue weighted by molar-refractivity contribution is -0.181. The number of aliphatic imine (C=N–C) groups is 1. The van der Waals surface area contributed by atoms with Gasteiger partial charge in [-0.05, 0) is 26.3 Å². The smallest absolute Gasteiger partial charge is 0.389 e. The number of rotatable bonds is 8. The molecule has 0 radical (unpaired) electrons. The quantitative estimate of drug-likeness (QED) is 0.292. The summed E-state index contributed by atoms with van der Waals surface area (Å²) in [7, 11) is 0. The zero-order chi connectivity index (χ0) is 22.1. The second-order valence-electron chi connectivity index (χ2n) is 7.48. The van der Waals surface area contributed by atoms with Crippen molar-refractivity contribution < 1.29 is 23.0 Å². The van der Waals surface area contributed by atoms with Crippen LogP contribution in [0.1, 0.15) is 32.4 Å². The second kappa shape index (κ2) is 13.4. The molecule has 1 aromatic rings. The van der Waals surface area contributed by atoms with Gasteiger partial charge in [-0.2, -0.15) is 13.2 Å². The summed E-state index contributed by atoms with van der Waals surface area (Å²) >= 11 is 0. The van der Waals surface area contributed by atoms with Crippen LogP contribution in [0.25, 0.3) is 0 Å². The highest BCUT2D eigenvalue weighted by Crippen LogP contribution is 2.25. The third kappa shape index (κ3) is 9.11. The molecule has 1 aliphatic rings. The van der Waals surface area contributed by atoms with Crippen molar-refractivity contribution in [1.82, 2.24) is 15.1 Å². The Bertz CT molecular complexity index is 656. The van der Waals surface area contributed by atoms with E-state index in [4.69, 9.17) is 4.74 Å². The molecule has 1 aromatic carbocycles. The van der Waals surface area contributed by atoms with E-state index in [0.29, 0.717) is 38.7 Å². The standard InChI is InChI=1S/C21H33F3N4O2.HI/c1-4-25-20(28-12-10-27(11-13-28)17(3)21(22,23)24)26-14-19(29)15-30-16(2)18-8-6-5-7-9-18;/h5-9,16-17,19,29H,4,10-15H2,1-3H3,(H,25,26);1H. The zero-order valence-electron chi connectivity index (χ0n) is 18.3. The van der Waals surface area contributed by atoms with Crippen molar-refractivity contribution in [2.24, 2.45) is 4.99 Å². The van der Waals surface area contributed by atoms with Crippen LogP contribution >= 0.6 is 24.0 Å². The second-order valence-corrected chi connectivity index (χ2v) is 7.48. The number of alkyl halides is 3. The van der Waals surface area contributed by atoms with Crippen LogP contribution < -0.4 is 5.32 Å². The minimum atomic E-state index is -4.22. The number of guanidine groups is 1. The van der Waals surface area contributed by atoms with E-state index in [-0.39, 0.29) is 43.2 Å². The number of ether oxygens (including phenoxy) is 1. The highest BCUT2D eigenvalue weighted by molar-refractivity contribution is 14.0. The summed E-state index contributed by atoms with van der Waals surface area (Å²) in [6, 6.07) is 8.30. The monoisotopic (exact) mass is 558 g/mol. The lowest BCUT2D eigenvalue weighted by Gasteiger charge is -2.39. The molecule has 2 rings (SSSR count). The van der Waals surface area contributed by atoms with Gasteiger partial charge >= 0.3 is 6.18 Å². The fourth-order valence-electron chi connectivity index (χ4n) is 3.27. The number of benzene rings is 1. The van der Waals surface area contributed by atoms with Crippen LogP contribution in [0.15, 0.2) is 35.3 Å². The van der Waals surface area contributed by atoms with Gasteiger partial charge in [-0.25, -0.2) is 0 Å². The predicted molar refractivity (Wildman–Crippen MR) is 127 cm³/mol. The number of hydrogen-bond donors (Lipinski definition) is 2. The van der Waals surface area contributed by atoms with Gasteiger partial charge in [-0.1, -0.05) is 30.3 Å². The Morgan fingerprint density at radius 1 is 1.16 bits per heavy atom. The molecular formula is C21H34F3IN4O2. The van der Waals surface area contributed by atoms with E-state index in [1.165, 1.54) is 11.8 Å². The number of aliphatic hydroxyl groups is 1. The summed E-state index contributed by atoms with van der Waals surface area (Å²) in [4.78, 5) is 7.84. The first-order valence-corrected chi connectivity index (χ1v) is 10.4. The number of halogens is 4. The minimum absolute atomic E-state index is 0. The maximum atomic E-state index is 12.9. The molecule has 1 aliphatic heterocycles. The SMILES string of the molecule is CCNC(=NCC(O)COC(C)c1ccccc1)N1CCN(C(C)C(F)(F)F)CC1.I. The van der Waals surface area contributed by atoms with Crippen LogP contribution in [-0.2, 0) is 4.74 Å². The van der Waals surface area contributed by atoms with Crippen molar-refractivity contribution in [1.29, 1.82) is 0 Å². The van der Waals surface area contributed by atoms with Crippen molar-refractivity contribution in [2.75, 3.05) is 45.9 Å². The topological polar surface area (TPSA) is 60.3 Å². The molecule has 0 spiro atoms. The first-order valence-electron chi connectivity index (χ1n) is 10.4. The maximum Gasteiger partial charge on any atom is 0.403 e. The normalized spacial score (nSPS) is 18.8. The molecule has 0 amide bonds. The van der Waals surface area contributed by atoms with E-state index >= 15 is 0 Å². The lowest BCUT2D eigenvalue weighted by atomic mass is 10.1. The van der Waals surface area contributed by atoms with Gasteiger partial charge in [0, 0.05) is 32.7 Å². The predicted octanol–water partition coefficient (Wildman–Crippen LogP) is 3.28. The number of hydrogen-bond acceptors (Lipinski definition) is 4. The average molecular weight is 558 g/mol. The number of piperazine rings is 1. The van der Waals surface area contributed by atoms with Crippen LogP contribution in [-0.4, -0.2) is 85.1 Å². The molecule has 31 heavy (non-hydrogen) atoms. The van der Waals surface area contributed by atoms with Crippen LogP contribution in [0.4, 0.5) is 13.2 Å². The van der Waals surface area contributed by atoms with E-state index < -0.39 is 18.3 Å². The summed E-state index contributed by atoms with van der Waals surface area (Å²) < 4.78 is 44.5. The Kier molecular flexibility index (Phi) is 12.1. The van der Waals surface area contributed by atoms with Crippen molar-refractivity contribution in [2.45, 2.75) is 45.2 Å². The summed E-state index contributed by atoms with van der Waals surface area (Å²) in [5.41, 5.74) is 1.03. The Hall–Kier alpha value is -1.11. The highest BCUT2D eigenvalue weighted by atomic mass is 127. The number of nitrogens with zero attached hydrogens (tertiary/aromatic N) is 3. The molecular weight excluding hydrogens is 524 g/mol. The molecule has 1 saturated heterocycles. The highest BCUT2D eigenvalue weighted by Gasteiger charge is 2.41. The van der Waals surface area contributed by atoms with E-state index in [1.54, 1.807) is 0 Å². The van der Waals surface area contributed by atoms with Gasteiger partial charge in [-0.3, -0.25) is 9.89 Å². The van der Waals surface area contributed by atoms with Gasteiger partial charge in [0.15, 0.2) is 5.96 Å². The van der Waals surface area contributed by atoms with Crippen LogP contribution in [0.2, 0.25) is 0 Å². The van der Waals surface area contributed by atoms with Gasteiger partial charge < -0.3 is 20.1 Å². The molecule has 0 saturated carbocycles. The molecule has 1 fully saturated rings. The minimum Gasteiger partial charge on any atom is -0.389 e. The zero-order valence-corrected chi connectivity index (χ0v) is 20.6. The summed E-state index contributed by atoms with van der Waals surface area (Å²) in [6.07, 6.45) is -5.12. The third-order valence-electron chi connectivity index (χ3n) is 5.23. The molecule has 0 aromatic heterocycles. The first-order chi connectivity index (χ1) is 14.2. The Morgan fingerprint density at radius 2 is 1.77 bits per heavy atom. The van der Waals surface area contributed by atoms with E-state index in [2.05, 4.69) is 10.3 Å². The van der Waals surface area contributed by atoms with E-state index in [9.17, 15) is 18.3 Å². The third-order valence-corrected chi connectivity index (χ3v) is 5.23. The Balaban J connectivity index is 0.00000480. The molecule has 3 atom stereocenters. The average Bonchev–Trinajstić information content (AvgIpc) is 2.74. The lowest BCUT2D eigenvalue weighted by Crippen LogP contribution is -2.56. The van der Waals surface area contributed by atoms with Crippen LogP contribution in [0.3, 0.4) is 0 Å². The Morgan fingerprint density at radius 3 is 2.32 bits per heavy atom. The molecule has 0 aliphatic carbocycles. The molecule has 6 nitrogen and oxygen atoms in total. The fourth-order valence-corrected chi connectivity index (χ4v) is 3.27. The van der Waals surface area contributed by atoms with Crippen molar-refractivity contribution >= 4 is 29.9 Å². The van der Waals surface area contributed by atoms with Crippen molar-refractivity contribution in [3.8, 4) is 0 Å². The van der Waals surface area contributed by atoms with Gasteiger partial charge in [0.25, 0.3) is 0 Å². The fraction of sp³-hybridized carbons (Fsp3) is 0.667. The molecule has 1 heterocycles. The summed E-state index contributed by atoms with van der Waals surface area (Å²) in [5.74, 6) is 0.604. The van der Waals surface area contributed by atoms with Crippen LogP contribution in [0.5, 0.6) is 0 Å². The van der Waals surface area contributed by atoms with E-state index in [0.717, 1.165) is 5.56 Å². The molecule has 10 heteroatoms. The molecule has 3 unspecified atom stereocenters. The number of aliphatic hydroxyl groups excluding tert-OH is 1. The largest absolute Gasteiger partial charge is 0.403 e.